The molecule has 6 heteroatoms. The van der Waals surface area contributed by atoms with Gasteiger partial charge in [0, 0.05) is 6.08 Å². The molecule has 0 radical (unpaired) electrons. The van der Waals surface area contributed by atoms with Crippen molar-refractivity contribution in [2.45, 2.75) is 107 Å². The molecule has 0 aromatic rings. The topological polar surface area (TPSA) is 26.3 Å². The van der Waals surface area contributed by atoms with E-state index in [1.54, 1.807) is 0 Å². The molecule has 0 saturated heterocycles. The third-order valence-electron chi connectivity index (χ3n) is 4.51. The van der Waals surface area contributed by atoms with E-state index in [-0.39, 0.29) is 5.03 Å². The van der Waals surface area contributed by atoms with Gasteiger partial charge >= 0.3 is 5.97 Å². The molecule has 160 valence electrons. The lowest BCUT2D eigenvalue weighted by atomic mass is 10.0. The lowest BCUT2D eigenvalue weighted by Gasteiger charge is -2.08. The lowest BCUT2D eigenvalue weighted by Crippen LogP contribution is -2.08. The zero-order valence-corrected chi connectivity index (χ0v) is 19.7. The summed E-state index contributed by atoms with van der Waals surface area (Å²) in [6, 6.07) is 0. The van der Waals surface area contributed by atoms with Crippen LogP contribution in [0, 0.1) is 0 Å². The van der Waals surface area contributed by atoms with Gasteiger partial charge in [-0.05, 0) is 6.42 Å². The predicted octanol–water partition coefficient (Wildman–Crippen LogP) is 8.89. The standard InChI is InChI=1S/C21H36Cl4O2/c1-2-3-4-5-6-7-8-9-10-11-12-13-14-15-16-17-27-20(26)18-19(22)21(23,24)25/h18H,2-17H2,1H3. The second-order valence-electron chi connectivity index (χ2n) is 7.11. The van der Waals surface area contributed by atoms with Gasteiger partial charge in [-0.2, -0.15) is 0 Å². The van der Waals surface area contributed by atoms with Crippen molar-refractivity contribution < 1.29 is 9.53 Å². The second-order valence-corrected chi connectivity index (χ2v) is 9.80. The molecular formula is C21H36Cl4O2. The maximum atomic E-state index is 11.5. The summed E-state index contributed by atoms with van der Waals surface area (Å²) in [5.41, 5.74) is 0. The van der Waals surface area contributed by atoms with Crippen LogP contribution in [0.3, 0.4) is 0 Å². The molecule has 0 heterocycles. The van der Waals surface area contributed by atoms with Gasteiger partial charge in [0.15, 0.2) is 0 Å². The summed E-state index contributed by atoms with van der Waals surface area (Å²) in [6.45, 7) is 2.64. The molecule has 0 atom stereocenters. The Balaban J connectivity index is 3.31. The van der Waals surface area contributed by atoms with Crippen molar-refractivity contribution >= 4 is 52.4 Å². The normalized spacial score (nSPS) is 12.4. The van der Waals surface area contributed by atoms with Crippen molar-refractivity contribution in [3.8, 4) is 0 Å². The number of carbonyl (C=O) groups excluding carboxylic acids is 1. The minimum atomic E-state index is -1.78. The van der Waals surface area contributed by atoms with Crippen LogP contribution < -0.4 is 0 Å². The highest BCUT2D eigenvalue weighted by atomic mass is 35.6. The maximum absolute atomic E-state index is 11.5. The Morgan fingerprint density at radius 3 is 1.48 bits per heavy atom. The molecule has 2 nitrogen and oxygen atoms in total. The number of halogens is 4. The first-order valence-electron chi connectivity index (χ1n) is 10.5. The number of allylic oxidation sites excluding steroid dienone is 1. The van der Waals surface area contributed by atoms with Gasteiger partial charge in [-0.25, -0.2) is 4.79 Å². The monoisotopic (exact) mass is 460 g/mol. The van der Waals surface area contributed by atoms with Crippen LogP contribution in [0.1, 0.15) is 103 Å². The SMILES string of the molecule is CCCCCCCCCCCCCCCCCOC(=O)C=C(Cl)C(Cl)(Cl)Cl. The Bertz CT molecular complexity index is 392. The Kier molecular flexibility index (Phi) is 18.7. The molecule has 0 unspecified atom stereocenters. The second kappa shape index (κ2) is 18.4. The van der Waals surface area contributed by atoms with E-state index in [0.29, 0.717) is 6.61 Å². The fraction of sp³-hybridized carbons (Fsp3) is 0.857. The van der Waals surface area contributed by atoms with E-state index in [4.69, 9.17) is 51.1 Å². The molecule has 0 aliphatic rings. The molecule has 0 aliphatic heterocycles. The number of hydrogen-bond donors (Lipinski definition) is 0. The van der Waals surface area contributed by atoms with Crippen LogP contribution in [0.15, 0.2) is 11.1 Å². The molecule has 0 bridgehead atoms. The summed E-state index contributed by atoms with van der Waals surface area (Å²) in [4.78, 5) is 11.5. The van der Waals surface area contributed by atoms with Crippen molar-refractivity contribution in [2.24, 2.45) is 0 Å². The highest BCUT2D eigenvalue weighted by molar-refractivity contribution is 6.73. The van der Waals surface area contributed by atoms with Gasteiger partial charge in [-0.1, -0.05) is 143 Å². The van der Waals surface area contributed by atoms with Gasteiger partial charge in [0.2, 0.25) is 3.79 Å². The van der Waals surface area contributed by atoms with Crippen molar-refractivity contribution in [3.63, 3.8) is 0 Å². The summed E-state index contributed by atoms with van der Waals surface area (Å²) in [5.74, 6) is -0.573. The summed E-state index contributed by atoms with van der Waals surface area (Å²) in [7, 11) is 0. The molecule has 0 aliphatic carbocycles. The van der Waals surface area contributed by atoms with Gasteiger partial charge in [-0.15, -0.1) is 0 Å². The van der Waals surface area contributed by atoms with E-state index in [0.717, 1.165) is 18.9 Å². The Morgan fingerprint density at radius 2 is 1.11 bits per heavy atom. The van der Waals surface area contributed by atoms with Crippen molar-refractivity contribution in [3.05, 3.63) is 11.1 Å². The Hall–Kier alpha value is 0.370. The molecule has 0 spiro atoms. The van der Waals surface area contributed by atoms with Crippen LogP contribution in [0.5, 0.6) is 0 Å². The molecular weight excluding hydrogens is 426 g/mol. The highest BCUT2D eigenvalue weighted by Gasteiger charge is 2.25. The van der Waals surface area contributed by atoms with E-state index in [1.807, 2.05) is 0 Å². The number of ether oxygens (including phenoxy) is 1. The molecule has 0 fully saturated rings. The molecule has 0 N–H and O–H groups in total. The van der Waals surface area contributed by atoms with Crippen LogP contribution in [-0.2, 0) is 9.53 Å². The van der Waals surface area contributed by atoms with Gasteiger partial charge < -0.3 is 4.74 Å². The number of carbonyl (C=O) groups is 1. The van der Waals surface area contributed by atoms with Crippen molar-refractivity contribution in [2.75, 3.05) is 6.61 Å². The van der Waals surface area contributed by atoms with Crippen LogP contribution in [0.4, 0.5) is 0 Å². The fourth-order valence-electron chi connectivity index (χ4n) is 2.87. The van der Waals surface area contributed by atoms with Crippen LogP contribution in [0.2, 0.25) is 0 Å². The van der Waals surface area contributed by atoms with E-state index in [9.17, 15) is 4.79 Å². The van der Waals surface area contributed by atoms with Crippen molar-refractivity contribution in [1.82, 2.24) is 0 Å². The van der Waals surface area contributed by atoms with Gasteiger partial charge in [0.25, 0.3) is 0 Å². The first-order valence-corrected chi connectivity index (χ1v) is 12.0. The maximum Gasteiger partial charge on any atom is 0.332 e. The summed E-state index contributed by atoms with van der Waals surface area (Å²) >= 11 is 22.4. The molecule has 0 aromatic heterocycles. The summed E-state index contributed by atoms with van der Waals surface area (Å²) in [5, 5.41) is -0.158. The number of rotatable bonds is 17. The Morgan fingerprint density at radius 1 is 0.741 bits per heavy atom. The van der Waals surface area contributed by atoms with Crippen LogP contribution in [-0.4, -0.2) is 16.4 Å². The van der Waals surface area contributed by atoms with Crippen LogP contribution >= 0.6 is 46.4 Å². The zero-order chi connectivity index (χ0) is 20.4. The fourth-order valence-corrected chi connectivity index (χ4v) is 3.13. The molecule has 27 heavy (non-hydrogen) atoms. The van der Waals surface area contributed by atoms with Crippen LogP contribution in [0.25, 0.3) is 0 Å². The van der Waals surface area contributed by atoms with E-state index >= 15 is 0 Å². The van der Waals surface area contributed by atoms with E-state index in [1.165, 1.54) is 83.5 Å². The third-order valence-corrected chi connectivity index (χ3v) is 5.80. The average molecular weight is 462 g/mol. The molecule has 0 rings (SSSR count). The van der Waals surface area contributed by atoms with Gasteiger partial charge in [-0.3, -0.25) is 0 Å². The molecule has 0 aromatic carbocycles. The minimum absolute atomic E-state index is 0.158. The van der Waals surface area contributed by atoms with E-state index < -0.39 is 9.76 Å². The molecule has 0 amide bonds. The quantitative estimate of drug-likeness (QED) is 0.0934. The van der Waals surface area contributed by atoms with Gasteiger partial charge in [0.05, 0.1) is 11.6 Å². The zero-order valence-electron chi connectivity index (χ0n) is 16.7. The predicted molar refractivity (Wildman–Crippen MR) is 120 cm³/mol. The van der Waals surface area contributed by atoms with Crippen molar-refractivity contribution in [1.29, 1.82) is 0 Å². The first kappa shape index (κ1) is 27.4. The van der Waals surface area contributed by atoms with E-state index in [2.05, 4.69) is 6.92 Å². The Labute approximate surface area is 186 Å². The smallest absolute Gasteiger partial charge is 0.332 e. The average Bonchev–Trinajstić information content (AvgIpc) is 2.60. The minimum Gasteiger partial charge on any atom is -0.462 e. The number of unbranched alkanes of at least 4 members (excludes halogenated alkanes) is 14. The number of hydrogen-bond acceptors (Lipinski definition) is 2. The van der Waals surface area contributed by atoms with Gasteiger partial charge in [0.1, 0.15) is 0 Å². The largest absolute Gasteiger partial charge is 0.462 e. The first-order chi connectivity index (χ1) is 12.9. The molecule has 0 saturated carbocycles. The summed E-state index contributed by atoms with van der Waals surface area (Å²) in [6.07, 6.45) is 20.5. The lowest BCUT2D eigenvalue weighted by molar-refractivity contribution is -0.137. The highest BCUT2D eigenvalue weighted by Crippen LogP contribution is 2.36. The number of alkyl halides is 3. The summed E-state index contributed by atoms with van der Waals surface area (Å²) < 4.78 is 3.26. The third kappa shape index (κ3) is 19.5. The number of esters is 1.